The van der Waals surface area contributed by atoms with Gasteiger partial charge in [0, 0.05) is 0 Å². The summed E-state index contributed by atoms with van der Waals surface area (Å²) in [6.07, 6.45) is 1.74. The average molecular weight is 196 g/mol. The molecule has 2 rings (SSSR count). The molecule has 1 N–H and O–H groups in total. The molecule has 0 aromatic rings. The fraction of sp³-hybridized carbons (Fsp3) is 0.800. The minimum absolute atomic E-state index is 0.0946. The normalized spacial score (nSPS) is 36.3. The second kappa shape index (κ2) is 3.35. The van der Waals surface area contributed by atoms with Gasteiger partial charge in [-0.25, -0.2) is 0 Å². The van der Waals surface area contributed by atoms with Gasteiger partial charge in [-0.15, -0.1) is 0 Å². The molecule has 2 fully saturated rings. The number of hydrogen-bond donors (Lipinski definition) is 1. The Balaban J connectivity index is 2.13. The van der Waals surface area contributed by atoms with Crippen molar-refractivity contribution in [2.24, 2.45) is 5.92 Å². The Labute approximate surface area is 83.6 Å². The van der Waals surface area contributed by atoms with Crippen molar-refractivity contribution in [3.63, 3.8) is 0 Å². The van der Waals surface area contributed by atoms with Gasteiger partial charge in [-0.3, -0.25) is 14.9 Å². The lowest BCUT2D eigenvalue weighted by Crippen LogP contribution is -2.73. The highest BCUT2D eigenvalue weighted by molar-refractivity contribution is 5.93. The molecule has 0 spiro atoms. The van der Waals surface area contributed by atoms with E-state index in [1.165, 1.54) is 0 Å². The standard InChI is InChI=1S/C10H16N2O2/c1-3-7-9-11-5-4-8(6(2)13)12(9)10(7)14/h7-9,11H,3-5H2,1-2H3. The molecule has 3 unspecified atom stereocenters. The first-order valence-electron chi connectivity index (χ1n) is 5.22. The average Bonchev–Trinajstić information content (AvgIpc) is 2.16. The molecule has 1 amide bonds. The molecule has 14 heavy (non-hydrogen) atoms. The quantitative estimate of drug-likeness (QED) is 0.639. The van der Waals surface area contributed by atoms with Crippen molar-refractivity contribution >= 4 is 11.7 Å². The molecule has 0 radical (unpaired) electrons. The summed E-state index contributed by atoms with van der Waals surface area (Å²) in [7, 11) is 0. The van der Waals surface area contributed by atoms with Gasteiger partial charge in [0.15, 0.2) is 5.78 Å². The first-order chi connectivity index (χ1) is 6.66. The highest BCUT2D eigenvalue weighted by atomic mass is 16.2. The number of nitrogens with one attached hydrogen (secondary N) is 1. The molecule has 0 aromatic carbocycles. The molecule has 0 aliphatic carbocycles. The van der Waals surface area contributed by atoms with Gasteiger partial charge in [-0.1, -0.05) is 6.92 Å². The molecule has 4 heteroatoms. The molecule has 78 valence electrons. The maximum absolute atomic E-state index is 11.7. The van der Waals surface area contributed by atoms with Crippen LogP contribution >= 0.6 is 0 Å². The van der Waals surface area contributed by atoms with E-state index in [-0.39, 0.29) is 29.8 Å². The van der Waals surface area contributed by atoms with E-state index < -0.39 is 0 Å². The predicted molar refractivity (Wildman–Crippen MR) is 51.5 cm³/mol. The molecule has 0 saturated carbocycles. The number of ketones is 1. The molecule has 0 bridgehead atoms. The molecule has 2 aliphatic rings. The van der Waals surface area contributed by atoms with Crippen LogP contribution in [0.5, 0.6) is 0 Å². The van der Waals surface area contributed by atoms with E-state index in [0.29, 0.717) is 0 Å². The Kier molecular flexibility index (Phi) is 2.31. The molecule has 2 heterocycles. The number of nitrogens with zero attached hydrogens (tertiary/aromatic N) is 1. The Morgan fingerprint density at radius 1 is 1.64 bits per heavy atom. The van der Waals surface area contributed by atoms with Gasteiger partial charge in [0.05, 0.1) is 18.1 Å². The number of carbonyl (C=O) groups is 2. The summed E-state index contributed by atoms with van der Waals surface area (Å²) in [5.41, 5.74) is 0. The predicted octanol–water partition coefficient (Wildman–Crippen LogP) is 0.132. The van der Waals surface area contributed by atoms with Crippen molar-refractivity contribution in [3.8, 4) is 0 Å². The van der Waals surface area contributed by atoms with Crippen LogP contribution < -0.4 is 5.32 Å². The van der Waals surface area contributed by atoms with E-state index in [4.69, 9.17) is 0 Å². The summed E-state index contributed by atoms with van der Waals surface area (Å²) in [5.74, 6) is 0.349. The zero-order valence-electron chi connectivity index (χ0n) is 8.62. The van der Waals surface area contributed by atoms with Gasteiger partial charge in [-0.05, 0) is 26.3 Å². The second-order valence-corrected chi connectivity index (χ2v) is 4.07. The zero-order chi connectivity index (χ0) is 10.3. The fourth-order valence-electron chi connectivity index (χ4n) is 2.47. The summed E-state index contributed by atoms with van der Waals surface area (Å²) in [6, 6.07) is -0.170. The van der Waals surface area contributed by atoms with Crippen LogP contribution in [0.3, 0.4) is 0 Å². The van der Waals surface area contributed by atoms with Crippen LogP contribution in [0.15, 0.2) is 0 Å². The van der Waals surface area contributed by atoms with E-state index in [1.807, 2.05) is 6.92 Å². The Morgan fingerprint density at radius 2 is 2.36 bits per heavy atom. The van der Waals surface area contributed by atoms with E-state index in [2.05, 4.69) is 5.32 Å². The number of carbonyl (C=O) groups excluding carboxylic acids is 2. The topological polar surface area (TPSA) is 49.4 Å². The third-order valence-corrected chi connectivity index (χ3v) is 3.27. The number of hydrogen-bond acceptors (Lipinski definition) is 3. The first kappa shape index (κ1) is 9.65. The van der Waals surface area contributed by atoms with Crippen LogP contribution in [0, 0.1) is 5.92 Å². The zero-order valence-corrected chi connectivity index (χ0v) is 8.62. The molecule has 3 atom stereocenters. The lowest BCUT2D eigenvalue weighted by molar-refractivity contribution is -0.170. The summed E-state index contributed by atoms with van der Waals surface area (Å²) in [4.78, 5) is 24.7. The monoisotopic (exact) mass is 196 g/mol. The van der Waals surface area contributed by atoms with Crippen molar-refractivity contribution in [2.75, 3.05) is 6.54 Å². The lowest BCUT2D eigenvalue weighted by atomic mass is 9.85. The molecular weight excluding hydrogens is 180 g/mol. The van der Waals surface area contributed by atoms with Crippen LogP contribution in [-0.2, 0) is 9.59 Å². The van der Waals surface area contributed by atoms with Gasteiger partial charge in [0.25, 0.3) is 0 Å². The fourth-order valence-corrected chi connectivity index (χ4v) is 2.47. The van der Waals surface area contributed by atoms with Gasteiger partial charge in [0.2, 0.25) is 5.91 Å². The van der Waals surface area contributed by atoms with E-state index >= 15 is 0 Å². The van der Waals surface area contributed by atoms with Crippen LogP contribution in [0.4, 0.5) is 0 Å². The minimum Gasteiger partial charge on any atom is -0.316 e. The number of fused-ring (bicyclic) bond motifs is 1. The number of β-lactam (4-membered cyclic amide) rings is 1. The van der Waals surface area contributed by atoms with Gasteiger partial charge in [0.1, 0.15) is 0 Å². The maximum Gasteiger partial charge on any atom is 0.231 e. The van der Waals surface area contributed by atoms with Crippen LogP contribution in [0.2, 0.25) is 0 Å². The van der Waals surface area contributed by atoms with Crippen LogP contribution in [0.25, 0.3) is 0 Å². The van der Waals surface area contributed by atoms with Gasteiger partial charge >= 0.3 is 0 Å². The smallest absolute Gasteiger partial charge is 0.231 e. The van der Waals surface area contributed by atoms with Crippen LogP contribution in [-0.4, -0.2) is 35.3 Å². The molecular formula is C10H16N2O2. The van der Waals surface area contributed by atoms with Crippen molar-refractivity contribution in [1.82, 2.24) is 10.2 Å². The minimum atomic E-state index is -0.170. The maximum atomic E-state index is 11.7. The summed E-state index contributed by atoms with van der Waals surface area (Å²) >= 11 is 0. The number of amides is 1. The highest BCUT2D eigenvalue weighted by Crippen LogP contribution is 2.33. The van der Waals surface area contributed by atoms with Crippen molar-refractivity contribution in [3.05, 3.63) is 0 Å². The molecule has 2 saturated heterocycles. The Morgan fingerprint density at radius 3 is 2.93 bits per heavy atom. The number of rotatable bonds is 2. The Bertz CT molecular complexity index is 277. The third kappa shape index (κ3) is 1.17. The van der Waals surface area contributed by atoms with Crippen molar-refractivity contribution in [1.29, 1.82) is 0 Å². The van der Waals surface area contributed by atoms with Crippen LogP contribution in [0.1, 0.15) is 26.7 Å². The highest BCUT2D eigenvalue weighted by Gasteiger charge is 2.51. The van der Waals surface area contributed by atoms with E-state index in [9.17, 15) is 9.59 Å². The van der Waals surface area contributed by atoms with Gasteiger partial charge in [-0.2, -0.15) is 0 Å². The third-order valence-electron chi connectivity index (χ3n) is 3.27. The summed E-state index contributed by atoms with van der Waals surface area (Å²) in [5, 5.41) is 3.29. The lowest BCUT2D eigenvalue weighted by Gasteiger charge is -2.53. The van der Waals surface area contributed by atoms with Crippen molar-refractivity contribution < 1.29 is 9.59 Å². The summed E-state index contributed by atoms with van der Waals surface area (Å²) in [6.45, 7) is 4.42. The second-order valence-electron chi connectivity index (χ2n) is 4.07. The first-order valence-corrected chi connectivity index (χ1v) is 5.22. The molecule has 0 aromatic heterocycles. The van der Waals surface area contributed by atoms with E-state index in [0.717, 1.165) is 19.4 Å². The summed E-state index contributed by atoms with van der Waals surface area (Å²) < 4.78 is 0. The van der Waals surface area contributed by atoms with Crippen molar-refractivity contribution in [2.45, 2.75) is 38.9 Å². The largest absolute Gasteiger partial charge is 0.316 e. The Hall–Kier alpha value is -0.900. The number of Topliss-reactive ketones (excluding diaryl/α,β-unsaturated/α-hetero) is 1. The SMILES string of the molecule is CCC1C(=O)N2C(C(C)=O)CCNC12. The molecule has 4 nitrogen and oxygen atoms in total. The molecule has 2 aliphatic heterocycles. The van der Waals surface area contributed by atoms with Gasteiger partial charge < -0.3 is 4.90 Å². The van der Waals surface area contributed by atoms with E-state index in [1.54, 1.807) is 11.8 Å².